The first kappa shape index (κ1) is 13.5. The lowest BCUT2D eigenvalue weighted by molar-refractivity contribution is 1.10. The zero-order chi connectivity index (χ0) is 13.3. The molecular weight excluding hydrogens is 263 g/mol. The van der Waals surface area contributed by atoms with Crippen LogP contribution in [0.5, 0.6) is 0 Å². The van der Waals surface area contributed by atoms with Crippen molar-refractivity contribution in [2.24, 2.45) is 0 Å². The first-order valence-corrected chi connectivity index (χ1v) is 6.78. The van der Waals surface area contributed by atoms with Crippen molar-refractivity contribution in [2.45, 2.75) is 26.1 Å². The van der Waals surface area contributed by atoms with E-state index in [2.05, 4.69) is 32.0 Å². The Morgan fingerprint density at radius 1 is 0.889 bits per heavy atom. The molecule has 18 heavy (non-hydrogen) atoms. The van der Waals surface area contributed by atoms with E-state index >= 15 is 0 Å². The van der Waals surface area contributed by atoms with Crippen molar-refractivity contribution in [2.75, 3.05) is 0 Å². The van der Waals surface area contributed by atoms with E-state index in [1.807, 2.05) is 25.1 Å². The Kier molecular flexibility index (Phi) is 3.99. The van der Waals surface area contributed by atoms with Gasteiger partial charge in [-0.15, -0.1) is 11.6 Å². The maximum Gasteiger partial charge on any atom is 0.0852 e. The highest BCUT2D eigenvalue weighted by Gasteiger charge is 2.17. The molecule has 2 rings (SSSR count). The van der Waals surface area contributed by atoms with Crippen LogP contribution in [0, 0.1) is 20.8 Å². The van der Waals surface area contributed by atoms with Gasteiger partial charge in [0.15, 0.2) is 0 Å². The van der Waals surface area contributed by atoms with Gasteiger partial charge in [-0.3, -0.25) is 0 Å². The first-order valence-electron chi connectivity index (χ1n) is 5.97. The molecule has 0 saturated carbocycles. The van der Waals surface area contributed by atoms with Crippen molar-refractivity contribution < 1.29 is 0 Å². The van der Waals surface area contributed by atoms with Crippen molar-refractivity contribution in [3.05, 3.63) is 69.2 Å². The van der Waals surface area contributed by atoms with Crippen LogP contribution in [0.4, 0.5) is 0 Å². The number of hydrogen-bond acceptors (Lipinski definition) is 0. The summed E-state index contributed by atoms with van der Waals surface area (Å²) < 4.78 is 0. The molecule has 0 heterocycles. The Labute approximate surface area is 119 Å². The van der Waals surface area contributed by atoms with Crippen molar-refractivity contribution in [1.29, 1.82) is 0 Å². The van der Waals surface area contributed by atoms with Crippen molar-refractivity contribution in [1.82, 2.24) is 0 Å². The Hall–Kier alpha value is -0.980. The number of aryl methyl sites for hydroxylation is 3. The zero-order valence-electron chi connectivity index (χ0n) is 10.8. The average Bonchev–Trinajstić information content (AvgIpc) is 2.35. The molecule has 0 aromatic heterocycles. The van der Waals surface area contributed by atoms with Crippen LogP contribution in [0.1, 0.15) is 33.2 Å². The molecule has 0 aliphatic rings. The minimum absolute atomic E-state index is 0.197. The second kappa shape index (κ2) is 5.34. The highest BCUT2D eigenvalue weighted by Crippen LogP contribution is 2.36. The Morgan fingerprint density at radius 3 is 2.33 bits per heavy atom. The van der Waals surface area contributed by atoms with Gasteiger partial charge in [-0.1, -0.05) is 53.6 Å². The highest BCUT2D eigenvalue weighted by molar-refractivity contribution is 6.33. The van der Waals surface area contributed by atoms with Crippen LogP contribution in [0.2, 0.25) is 5.02 Å². The maximum atomic E-state index is 6.60. The maximum absolute atomic E-state index is 6.60. The minimum Gasteiger partial charge on any atom is -0.113 e. The van der Waals surface area contributed by atoms with E-state index in [0.717, 1.165) is 21.7 Å². The average molecular weight is 279 g/mol. The third-order valence-corrected chi connectivity index (χ3v) is 4.19. The van der Waals surface area contributed by atoms with E-state index in [1.54, 1.807) is 0 Å². The summed E-state index contributed by atoms with van der Waals surface area (Å²) in [7, 11) is 0. The van der Waals surface area contributed by atoms with Crippen LogP contribution in [-0.2, 0) is 0 Å². The summed E-state index contributed by atoms with van der Waals surface area (Å²) in [5, 5.41) is 0.565. The molecule has 1 atom stereocenters. The number of halogens is 2. The van der Waals surface area contributed by atoms with Gasteiger partial charge < -0.3 is 0 Å². The van der Waals surface area contributed by atoms with E-state index in [0.29, 0.717) is 0 Å². The molecule has 2 aromatic carbocycles. The van der Waals surface area contributed by atoms with E-state index in [9.17, 15) is 0 Å². The third-order valence-electron chi connectivity index (χ3n) is 3.20. The number of hydrogen-bond donors (Lipinski definition) is 0. The lowest BCUT2D eigenvalue weighted by Crippen LogP contribution is -1.98. The van der Waals surface area contributed by atoms with Gasteiger partial charge in [0.05, 0.1) is 5.38 Å². The van der Waals surface area contributed by atoms with Crippen LogP contribution >= 0.6 is 23.2 Å². The van der Waals surface area contributed by atoms with Gasteiger partial charge in [0.2, 0.25) is 0 Å². The largest absolute Gasteiger partial charge is 0.113 e. The lowest BCUT2D eigenvalue weighted by atomic mass is 9.97. The molecule has 0 saturated heterocycles. The van der Waals surface area contributed by atoms with Gasteiger partial charge in [0.25, 0.3) is 0 Å². The summed E-state index contributed by atoms with van der Waals surface area (Å²) in [6.07, 6.45) is 0. The predicted molar refractivity (Wildman–Crippen MR) is 79.8 cm³/mol. The molecule has 0 spiro atoms. The van der Waals surface area contributed by atoms with Gasteiger partial charge in [-0.05, 0) is 43.0 Å². The van der Waals surface area contributed by atoms with Crippen molar-refractivity contribution in [3.8, 4) is 0 Å². The molecule has 94 valence electrons. The zero-order valence-corrected chi connectivity index (χ0v) is 12.3. The molecule has 0 bridgehead atoms. The summed E-state index contributed by atoms with van der Waals surface area (Å²) in [6, 6.07) is 12.3. The van der Waals surface area contributed by atoms with Crippen molar-refractivity contribution in [3.63, 3.8) is 0 Å². The summed E-state index contributed by atoms with van der Waals surface area (Å²) >= 11 is 12.9. The van der Waals surface area contributed by atoms with Crippen LogP contribution in [0.3, 0.4) is 0 Å². The van der Waals surface area contributed by atoms with Crippen LogP contribution in [-0.4, -0.2) is 0 Å². The van der Waals surface area contributed by atoms with Crippen molar-refractivity contribution >= 4 is 23.2 Å². The summed E-state index contributed by atoms with van der Waals surface area (Å²) in [4.78, 5) is 0. The first-order chi connectivity index (χ1) is 8.50. The fraction of sp³-hybridized carbons (Fsp3) is 0.250. The van der Waals surface area contributed by atoms with Crippen LogP contribution < -0.4 is 0 Å². The topological polar surface area (TPSA) is 0 Å². The SMILES string of the molecule is Cc1ccc(C)c(C(Cl)c2cccc(C)c2Cl)c1. The third kappa shape index (κ3) is 2.55. The number of benzene rings is 2. The molecule has 0 amide bonds. The second-order valence-corrected chi connectivity index (χ2v) is 5.52. The summed E-state index contributed by atoms with van der Waals surface area (Å²) in [5.74, 6) is 0. The Morgan fingerprint density at radius 2 is 1.61 bits per heavy atom. The second-order valence-electron chi connectivity index (χ2n) is 4.70. The molecule has 0 N–H and O–H groups in total. The van der Waals surface area contributed by atoms with E-state index in [1.165, 1.54) is 11.1 Å². The molecule has 0 aliphatic heterocycles. The van der Waals surface area contributed by atoms with Gasteiger partial charge in [0, 0.05) is 5.02 Å². The Balaban J connectivity index is 2.51. The molecule has 0 nitrogen and oxygen atoms in total. The smallest absolute Gasteiger partial charge is 0.0852 e. The summed E-state index contributed by atoms with van der Waals surface area (Å²) in [5.41, 5.74) is 5.57. The molecule has 2 heteroatoms. The number of rotatable bonds is 2. The molecule has 0 radical (unpaired) electrons. The fourth-order valence-corrected chi connectivity index (χ4v) is 2.77. The standard InChI is InChI=1S/C16H16Cl2/c1-10-7-8-11(2)14(9-10)16(18)13-6-4-5-12(3)15(13)17/h4-9,16H,1-3H3. The van der Waals surface area contributed by atoms with Crippen LogP contribution in [0.15, 0.2) is 36.4 Å². The molecule has 0 aliphatic carbocycles. The van der Waals surface area contributed by atoms with E-state index in [-0.39, 0.29) is 5.38 Å². The number of alkyl halides is 1. The van der Waals surface area contributed by atoms with Gasteiger partial charge in [0.1, 0.15) is 0 Å². The predicted octanol–water partition coefficient (Wildman–Crippen LogP) is 5.59. The fourth-order valence-electron chi connectivity index (χ4n) is 2.07. The monoisotopic (exact) mass is 278 g/mol. The van der Waals surface area contributed by atoms with E-state index < -0.39 is 0 Å². The quantitative estimate of drug-likeness (QED) is 0.628. The Bertz CT molecular complexity index is 571. The summed E-state index contributed by atoms with van der Waals surface area (Å²) in [6.45, 7) is 6.15. The molecule has 0 fully saturated rings. The lowest BCUT2D eigenvalue weighted by Gasteiger charge is -2.16. The molecule has 2 aromatic rings. The van der Waals surface area contributed by atoms with Gasteiger partial charge >= 0.3 is 0 Å². The molecular formula is C16H16Cl2. The van der Waals surface area contributed by atoms with Gasteiger partial charge in [-0.25, -0.2) is 0 Å². The van der Waals surface area contributed by atoms with Crippen LogP contribution in [0.25, 0.3) is 0 Å². The van der Waals surface area contributed by atoms with Gasteiger partial charge in [-0.2, -0.15) is 0 Å². The normalized spacial score (nSPS) is 12.5. The minimum atomic E-state index is -0.197. The highest BCUT2D eigenvalue weighted by atomic mass is 35.5. The molecule has 1 unspecified atom stereocenters. The van der Waals surface area contributed by atoms with E-state index in [4.69, 9.17) is 23.2 Å².